The van der Waals surface area contributed by atoms with Crippen LogP contribution in [-0.4, -0.2) is 29.6 Å². The number of benzene rings is 2. The number of rotatable bonds is 7. The molecule has 176 valence electrons. The summed E-state index contributed by atoms with van der Waals surface area (Å²) in [5.74, 6) is 0.0212. The van der Waals surface area contributed by atoms with E-state index in [4.69, 9.17) is 0 Å². The first kappa shape index (κ1) is 24.6. The highest BCUT2D eigenvalue weighted by atomic mass is 32.2. The standard InChI is InChI=1S/C26H32N2O4S/c1-18(2)23-20(16-22(26(3,4)5)27-25(29)30)17-28(24(23)19-12-8-6-9-13-19)33(31,32)21-14-10-7-11-15-21/h6-15,17-18,22,27H,16H2,1-5H3,(H,29,30). The van der Waals surface area contributed by atoms with E-state index in [-0.39, 0.29) is 16.2 Å². The molecule has 0 spiro atoms. The quantitative estimate of drug-likeness (QED) is 0.463. The second-order valence-corrected chi connectivity index (χ2v) is 11.4. The lowest BCUT2D eigenvalue weighted by molar-refractivity contribution is 0.174. The summed E-state index contributed by atoms with van der Waals surface area (Å²) in [6.45, 7) is 9.97. The van der Waals surface area contributed by atoms with E-state index in [0.29, 0.717) is 12.1 Å². The van der Waals surface area contributed by atoms with E-state index >= 15 is 0 Å². The van der Waals surface area contributed by atoms with E-state index in [1.165, 1.54) is 3.97 Å². The molecule has 6 nitrogen and oxygen atoms in total. The molecule has 0 aliphatic carbocycles. The molecule has 1 amide bonds. The number of carboxylic acid groups (broad SMARTS) is 1. The van der Waals surface area contributed by atoms with Crippen LogP contribution in [0.1, 0.15) is 51.7 Å². The van der Waals surface area contributed by atoms with Gasteiger partial charge in [0.25, 0.3) is 10.0 Å². The number of nitrogens with zero attached hydrogens (tertiary/aromatic N) is 1. The molecule has 1 atom stereocenters. The lowest BCUT2D eigenvalue weighted by Gasteiger charge is -2.31. The van der Waals surface area contributed by atoms with Crippen molar-refractivity contribution < 1.29 is 18.3 Å². The Morgan fingerprint density at radius 2 is 1.55 bits per heavy atom. The molecule has 33 heavy (non-hydrogen) atoms. The summed E-state index contributed by atoms with van der Waals surface area (Å²) in [7, 11) is -3.87. The highest BCUT2D eigenvalue weighted by molar-refractivity contribution is 7.90. The molecule has 0 bridgehead atoms. The minimum atomic E-state index is -3.87. The van der Waals surface area contributed by atoms with Crippen LogP contribution in [0.3, 0.4) is 0 Å². The first-order valence-corrected chi connectivity index (χ1v) is 12.5. The Morgan fingerprint density at radius 3 is 2.03 bits per heavy atom. The van der Waals surface area contributed by atoms with Crippen LogP contribution in [0.2, 0.25) is 0 Å². The van der Waals surface area contributed by atoms with Crippen LogP contribution >= 0.6 is 0 Å². The number of nitrogens with one attached hydrogen (secondary N) is 1. The molecule has 0 aliphatic heterocycles. The van der Waals surface area contributed by atoms with Gasteiger partial charge in [-0.15, -0.1) is 0 Å². The molecule has 1 aromatic heterocycles. The summed E-state index contributed by atoms with van der Waals surface area (Å²) in [4.78, 5) is 11.7. The zero-order chi connectivity index (χ0) is 24.4. The molecular formula is C26H32N2O4S. The van der Waals surface area contributed by atoms with Crippen molar-refractivity contribution in [2.75, 3.05) is 0 Å². The van der Waals surface area contributed by atoms with E-state index in [9.17, 15) is 18.3 Å². The summed E-state index contributed by atoms with van der Waals surface area (Å²) in [5, 5.41) is 12.0. The molecule has 0 fully saturated rings. The number of amides is 1. The highest BCUT2D eigenvalue weighted by Gasteiger charge is 2.32. The van der Waals surface area contributed by atoms with Crippen molar-refractivity contribution in [2.45, 2.75) is 57.9 Å². The molecule has 1 unspecified atom stereocenters. The lowest BCUT2D eigenvalue weighted by Crippen LogP contribution is -2.44. The first-order chi connectivity index (χ1) is 15.4. The number of hydrogen-bond donors (Lipinski definition) is 2. The summed E-state index contributed by atoms with van der Waals surface area (Å²) in [6.07, 6.45) is 0.948. The van der Waals surface area contributed by atoms with Crippen molar-refractivity contribution in [1.29, 1.82) is 0 Å². The normalized spacial score (nSPS) is 13.2. The van der Waals surface area contributed by atoms with Gasteiger partial charge in [0.2, 0.25) is 0 Å². The molecule has 2 N–H and O–H groups in total. The van der Waals surface area contributed by atoms with Gasteiger partial charge in [0.15, 0.2) is 0 Å². The smallest absolute Gasteiger partial charge is 0.404 e. The van der Waals surface area contributed by atoms with E-state index in [0.717, 1.165) is 16.7 Å². The molecule has 3 aromatic rings. The second-order valence-electron chi connectivity index (χ2n) is 9.62. The van der Waals surface area contributed by atoms with Crippen LogP contribution in [-0.2, 0) is 16.4 Å². The zero-order valence-electron chi connectivity index (χ0n) is 19.7. The van der Waals surface area contributed by atoms with Crippen LogP contribution in [0.5, 0.6) is 0 Å². The predicted octanol–water partition coefficient (Wildman–Crippen LogP) is 5.74. The summed E-state index contributed by atoms with van der Waals surface area (Å²) in [5.41, 5.74) is 2.78. The third kappa shape index (κ3) is 5.30. The number of hydrogen-bond acceptors (Lipinski definition) is 3. The Bertz CT molecular complexity index is 1210. The third-order valence-corrected chi connectivity index (χ3v) is 7.46. The van der Waals surface area contributed by atoms with Gasteiger partial charge >= 0.3 is 6.09 Å². The molecule has 0 radical (unpaired) electrons. The number of carbonyl (C=O) groups is 1. The summed E-state index contributed by atoms with van der Waals surface area (Å²) >= 11 is 0. The zero-order valence-corrected chi connectivity index (χ0v) is 20.6. The van der Waals surface area contributed by atoms with Crippen molar-refractivity contribution in [3.63, 3.8) is 0 Å². The Morgan fingerprint density at radius 1 is 1.00 bits per heavy atom. The molecule has 7 heteroatoms. The van der Waals surface area contributed by atoms with E-state index in [1.54, 1.807) is 36.5 Å². The average Bonchev–Trinajstić information content (AvgIpc) is 3.14. The first-order valence-electron chi connectivity index (χ1n) is 11.0. The van der Waals surface area contributed by atoms with Crippen molar-refractivity contribution >= 4 is 16.1 Å². The van der Waals surface area contributed by atoms with Gasteiger partial charge in [0, 0.05) is 12.2 Å². The fourth-order valence-electron chi connectivity index (χ4n) is 4.07. The van der Waals surface area contributed by atoms with Crippen molar-refractivity contribution in [1.82, 2.24) is 9.29 Å². The van der Waals surface area contributed by atoms with E-state index < -0.39 is 22.2 Å². The predicted molar refractivity (Wildman–Crippen MR) is 131 cm³/mol. The minimum absolute atomic E-state index is 0.0212. The average molecular weight is 469 g/mol. The molecule has 0 saturated carbocycles. The molecule has 1 heterocycles. The monoisotopic (exact) mass is 468 g/mol. The Hall–Kier alpha value is -3.06. The molecule has 2 aromatic carbocycles. The van der Waals surface area contributed by atoms with Crippen LogP contribution in [0.4, 0.5) is 4.79 Å². The van der Waals surface area contributed by atoms with Gasteiger partial charge in [-0.1, -0.05) is 83.1 Å². The molecule has 0 aliphatic rings. The molecule has 0 saturated heterocycles. The van der Waals surface area contributed by atoms with Gasteiger partial charge in [-0.2, -0.15) is 0 Å². The SMILES string of the molecule is CC(C)c1c(CC(NC(=O)O)C(C)(C)C)cn(S(=O)(=O)c2ccccc2)c1-c1ccccc1. The van der Waals surface area contributed by atoms with Crippen molar-refractivity contribution in [3.05, 3.63) is 78.0 Å². The van der Waals surface area contributed by atoms with Gasteiger partial charge < -0.3 is 10.4 Å². The van der Waals surface area contributed by atoms with Gasteiger partial charge in [-0.05, 0) is 46.6 Å². The second kappa shape index (κ2) is 9.43. The van der Waals surface area contributed by atoms with Gasteiger partial charge in [-0.3, -0.25) is 0 Å². The fraction of sp³-hybridized carbons (Fsp3) is 0.346. The topological polar surface area (TPSA) is 88.4 Å². The lowest BCUT2D eigenvalue weighted by atomic mass is 9.81. The Kier molecular flexibility index (Phi) is 7.03. The van der Waals surface area contributed by atoms with Gasteiger partial charge in [0.05, 0.1) is 10.6 Å². The van der Waals surface area contributed by atoms with E-state index in [2.05, 4.69) is 5.32 Å². The van der Waals surface area contributed by atoms with Gasteiger partial charge in [-0.25, -0.2) is 17.2 Å². The van der Waals surface area contributed by atoms with Crippen LogP contribution in [0.15, 0.2) is 71.8 Å². The fourth-order valence-corrected chi connectivity index (χ4v) is 5.51. The minimum Gasteiger partial charge on any atom is -0.465 e. The van der Waals surface area contributed by atoms with Crippen LogP contribution in [0, 0.1) is 5.41 Å². The Labute approximate surface area is 196 Å². The van der Waals surface area contributed by atoms with Crippen molar-refractivity contribution in [3.8, 4) is 11.3 Å². The largest absolute Gasteiger partial charge is 0.465 e. The summed E-state index contributed by atoms with van der Waals surface area (Å²) < 4.78 is 28.8. The maximum Gasteiger partial charge on any atom is 0.404 e. The van der Waals surface area contributed by atoms with Crippen LogP contribution in [0.25, 0.3) is 11.3 Å². The highest BCUT2D eigenvalue weighted by Crippen LogP contribution is 2.38. The maximum atomic E-state index is 13.7. The van der Waals surface area contributed by atoms with E-state index in [1.807, 2.05) is 65.0 Å². The van der Waals surface area contributed by atoms with Gasteiger partial charge in [0.1, 0.15) is 0 Å². The summed E-state index contributed by atoms with van der Waals surface area (Å²) in [6, 6.07) is 17.4. The Balaban J connectivity index is 2.29. The molecular weight excluding hydrogens is 436 g/mol. The van der Waals surface area contributed by atoms with Crippen molar-refractivity contribution in [2.24, 2.45) is 5.41 Å². The third-order valence-electron chi connectivity index (χ3n) is 5.79. The van der Waals surface area contributed by atoms with Crippen LogP contribution < -0.4 is 5.32 Å². The molecule has 3 rings (SSSR count). The maximum absolute atomic E-state index is 13.7. The number of aromatic nitrogens is 1.